The van der Waals surface area contributed by atoms with Gasteiger partial charge in [0.15, 0.2) is 5.82 Å². The molecule has 0 aliphatic heterocycles. The summed E-state index contributed by atoms with van der Waals surface area (Å²) < 4.78 is 0. The molecule has 2 rings (SSSR count). The van der Waals surface area contributed by atoms with E-state index < -0.39 is 0 Å². The number of aryl methyl sites for hydroxylation is 2. The maximum atomic E-state index is 4.67. The average molecular weight is 466 g/mol. The van der Waals surface area contributed by atoms with Gasteiger partial charge in [0.1, 0.15) is 0 Å². The topological polar surface area (TPSA) is 38.7 Å². The highest BCUT2D eigenvalue weighted by Gasteiger charge is 2.04. The summed E-state index contributed by atoms with van der Waals surface area (Å²) in [5.74, 6) is 1.64. The zero-order valence-corrected chi connectivity index (χ0v) is 22.5. The third-order valence-electron chi connectivity index (χ3n) is 6.82. The summed E-state index contributed by atoms with van der Waals surface area (Å²) in [7, 11) is 0. The molecule has 0 aliphatic carbocycles. The molecule has 0 unspecified atom stereocenters. The lowest BCUT2D eigenvalue weighted by atomic mass is 10.0. The van der Waals surface area contributed by atoms with E-state index in [1.165, 1.54) is 114 Å². The Morgan fingerprint density at radius 2 is 1.15 bits per heavy atom. The minimum absolute atomic E-state index is 0.788. The van der Waals surface area contributed by atoms with Crippen LogP contribution < -0.4 is 0 Å². The minimum Gasteiger partial charge on any atom is -0.261 e. The van der Waals surface area contributed by atoms with Crippen molar-refractivity contribution in [1.82, 2.24) is 15.0 Å². The molecule has 0 aliphatic rings. The van der Waals surface area contributed by atoms with E-state index in [0.717, 1.165) is 30.1 Å². The van der Waals surface area contributed by atoms with Crippen molar-refractivity contribution >= 4 is 0 Å². The van der Waals surface area contributed by atoms with Crippen LogP contribution in [0.25, 0.3) is 11.4 Å². The Morgan fingerprint density at radius 1 is 0.588 bits per heavy atom. The molecule has 0 fully saturated rings. The lowest BCUT2D eigenvalue weighted by Gasteiger charge is -2.06. The first kappa shape index (κ1) is 28.5. The molecule has 0 bridgehead atoms. The Bertz CT molecular complexity index is 721. The summed E-state index contributed by atoms with van der Waals surface area (Å²) >= 11 is 0. The quantitative estimate of drug-likeness (QED) is 0.183. The third kappa shape index (κ3) is 13.2. The van der Waals surface area contributed by atoms with Crippen molar-refractivity contribution < 1.29 is 0 Å². The summed E-state index contributed by atoms with van der Waals surface area (Å²) in [5, 5.41) is 0. The van der Waals surface area contributed by atoms with Crippen LogP contribution in [-0.4, -0.2) is 15.0 Å². The van der Waals surface area contributed by atoms with E-state index in [2.05, 4.69) is 47.9 Å². The first-order valence-electron chi connectivity index (χ1n) is 14.4. The molecule has 0 aromatic carbocycles. The van der Waals surface area contributed by atoms with Gasteiger partial charge in [0.25, 0.3) is 0 Å². The summed E-state index contributed by atoms with van der Waals surface area (Å²) in [4.78, 5) is 13.9. The Balaban J connectivity index is 1.58. The van der Waals surface area contributed by atoms with Gasteiger partial charge in [-0.2, -0.15) is 0 Å². The molecule has 3 nitrogen and oxygen atoms in total. The SMILES string of the molecule is CCCCCCCCCCCc1cnc(-c2ccc(CCCCCCCCC(C)C)nc2)nc1. The van der Waals surface area contributed by atoms with E-state index in [4.69, 9.17) is 0 Å². The molecule has 3 heteroatoms. The molecular weight excluding hydrogens is 414 g/mol. The summed E-state index contributed by atoms with van der Waals surface area (Å²) in [6, 6.07) is 4.28. The number of unbranched alkanes of at least 4 members (excludes halogenated alkanes) is 13. The Labute approximate surface area is 210 Å². The second-order valence-corrected chi connectivity index (χ2v) is 10.6. The van der Waals surface area contributed by atoms with E-state index in [1.807, 2.05) is 18.6 Å². The predicted octanol–water partition coefficient (Wildman–Crippen LogP) is 9.54. The van der Waals surface area contributed by atoms with Crippen LogP contribution >= 0.6 is 0 Å². The fourth-order valence-electron chi connectivity index (χ4n) is 4.54. The molecule has 0 spiro atoms. The van der Waals surface area contributed by atoms with Gasteiger partial charge in [0, 0.05) is 29.8 Å². The van der Waals surface area contributed by atoms with Crippen LogP contribution in [0.5, 0.6) is 0 Å². The van der Waals surface area contributed by atoms with Crippen LogP contribution in [0.3, 0.4) is 0 Å². The maximum absolute atomic E-state index is 4.67. The standard InChI is InChI=1S/C31H51N3/c1-4-5-6-7-8-9-10-14-17-20-28-24-33-31(34-25-28)29-22-23-30(32-26-29)21-18-15-12-11-13-16-19-27(2)3/h22-27H,4-21H2,1-3H3. The molecule has 2 heterocycles. The van der Waals surface area contributed by atoms with Crippen molar-refractivity contribution in [1.29, 1.82) is 0 Å². The van der Waals surface area contributed by atoms with Gasteiger partial charge < -0.3 is 0 Å². The van der Waals surface area contributed by atoms with Gasteiger partial charge in [-0.3, -0.25) is 4.98 Å². The highest BCUT2D eigenvalue weighted by molar-refractivity contribution is 5.53. The van der Waals surface area contributed by atoms with E-state index in [1.54, 1.807) is 0 Å². The van der Waals surface area contributed by atoms with E-state index in [0.29, 0.717) is 0 Å². The molecule has 190 valence electrons. The monoisotopic (exact) mass is 465 g/mol. The largest absolute Gasteiger partial charge is 0.261 e. The van der Waals surface area contributed by atoms with Gasteiger partial charge in [0.05, 0.1) is 0 Å². The van der Waals surface area contributed by atoms with Crippen LogP contribution in [0.1, 0.15) is 135 Å². The van der Waals surface area contributed by atoms with Crippen molar-refractivity contribution in [3.63, 3.8) is 0 Å². The Kier molecular flexibility index (Phi) is 15.5. The molecule has 0 amide bonds. The lowest BCUT2D eigenvalue weighted by molar-refractivity contribution is 0.511. The molecule has 0 atom stereocenters. The van der Waals surface area contributed by atoms with Crippen LogP contribution in [0.15, 0.2) is 30.7 Å². The van der Waals surface area contributed by atoms with Gasteiger partial charge in [-0.05, 0) is 49.3 Å². The number of pyridine rings is 1. The third-order valence-corrected chi connectivity index (χ3v) is 6.82. The number of hydrogen-bond donors (Lipinski definition) is 0. The minimum atomic E-state index is 0.788. The fraction of sp³-hybridized carbons (Fsp3) is 0.710. The molecule has 34 heavy (non-hydrogen) atoms. The predicted molar refractivity (Wildman–Crippen MR) is 147 cm³/mol. The summed E-state index contributed by atoms with van der Waals surface area (Å²) in [6.07, 6.45) is 29.8. The first-order valence-corrected chi connectivity index (χ1v) is 14.4. The van der Waals surface area contributed by atoms with E-state index >= 15 is 0 Å². The summed E-state index contributed by atoms with van der Waals surface area (Å²) in [6.45, 7) is 6.92. The highest BCUT2D eigenvalue weighted by Crippen LogP contribution is 2.17. The maximum Gasteiger partial charge on any atom is 0.160 e. The second-order valence-electron chi connectivity index (χ2n) is 10.6. The molecule has 2 aromatic rings. The van der Waals surface area contributed by atoms with Crippen molar-refractivity contribution in [2.45, 2.75) is 136 Å². The van der Waals surface area contributed by atoms with Gasteiger partial charge in [0.2, 0.25) is 0 Å². The molecular formula is C31H51N3. The van der Waals surface area contributed by atoms with E-state index in [9.17, 15) is 0 Å². The first-order chi connectivity index (χ1) is 16.7. The second kappa shape index (κ2) is 18.5. The van der Waals surface area contributed by atoms with Crippen molar-refractivity contribution in [2.75, 3.05) is 0 Å². The van der Waals surface area contributed by atoms with Crippen LogP contribution in [0, 0.1) is 5.92 Å². The number of aromatic nitrogens is 3. The van der Waals surface area contributed by atoms with Gasteiger partial charge in [-0.1, -0.05) is 111 Å². The van der Waals surface area contributed by atoms with E-state index in [-0.39, 0.29) is 0 Å². The lowest BCUT2D eigenvalue weighted by Crippen LogP contribution is -1.95. The number of rotatable bonds is 20. The molecule has 0 N–H and O–H groups in total. The van der Waals surface area contributed by atoms with Gasteiger partial charge in [-0.15, -0.1) is 0 Å². The van der Waals surface area contributed by atoms with Gasteiger partial charge >= 0.3 is 0 Å². The van der Waals surface area contributed by atoms with Crippen LogP contribution in [0.2, 0.25) is 0 Å². The summed E-state index contributed by atoms with van der Waals surface area (Å²) in [5.41, 5.74) is 3.45. The smallest absolute Gasteiger partial charge is 0.160 e. The fourth-order valence-corrected chi connectivity index (χ4v) is 4.54. The number of nitrogens with zero attached hydrogens (tertiary/aromatic N) is 3. The zero-order chi connectivity index (χ0) is 24.3. The molecule has 0 radical (unpaired) electrons. The molecule has 0 saturated heterocycles. The Morgan fingerprint density at radius 3 is 1.71 bits per heavy atom. The van der Waals surface area contributed by atoms with Crippen LogP contribution in [0.4, 0.5) is 0 Å². The average Bonchev–Trinajstić information content (AvgIpc) is 2.85. The normalized spacial score (nSPS) is 11.4. The van der Waals surface area contributed by atoms with Crippen molar-refractivity contribution in [3.05, 3.63) is 42.0 Å². The van der Waals surface area contributed by atoms with Crippen molar-refractivity contribution in [3.8, 4) is 11.4 Å². The van der Waals surface area contributed by atoms with Crippen LogP contribution in [-0.2, 0) is 12.8 Å². The zero-order valence-electron chi connectivity index (χ0n) is 22.5. The van der Waals surface area contributed by atoms with Gasteiger partial charge in [-0.25, -0.2) is 9.97 Å². The Hall–Kier alpha value is -1.77. The molecule has 2 aromatic heterocycles. The highest BCUT2D eigenvalue weighted by atomic mass is 14.9. The molecule has 0 saturated carbocycles. The number of hydrogen-bond acceptors (Lipinski definition) is 3. The van der Waals surface area contributed by atoms with Crippen molar-refractivity contribution in [2.24, 2.45) is 5.92 Å².